The molecule has 0 fully saturated rings. The average Bonchev–Trinajstić information content (AvgIpc) is 3.03. The predicted molar refractivity (Wildman–Crippen MR) is 78.5 cm³/mol. The third-order valence-corrected chi connectivity index (χ3v) is 3.14. The Kier molecular flexibility index (Phi) is 3.42. The van der Waals surface area contributed by atoms with E-state index >= 15 is 0 Å². The molecule has 0 atom stereocenters. The number of nitrogens with zero attached hydrogens (tertiary/aromatic N) is 3. The molecule has 3 rings (SSSR count). The molecule has 0 radical (unpaired) electrons. The molecule has 1 aromatic heterocycles. The predicted octanol–water partition coefficient (Wildman–Crippen LogP) is 2.29. The lowest BCUT2D eigenvalue weighted by atomic mass is 10.2. The standard InChI is InChI=1S/C15H14N4O2/c20-14-6-1-3-11(15(14)21)8-16-12-4-2-5-13(7-12)19-9-17-18-10-19/h1-7,9-10,16,20-21H,8H2. The minimum Gasteiger partial charge on any atom is -0.504 e. The highest BCUT2D eigenvalue weighted by atomic mass is 16.3. The van der Waals surface area contributed by atoms with Gasteiger partial charge in [0.1, 0.15) is 12.7 Å². The first-order valence-corrected chi connectivity index (χ1v) is 6.43. The van der Waals surface area contributed by atoms with E-state index in [-0.39, 0.29) is 11.5 Å². The first-order valence-electron chi connectivity index (χ1n) is 6.43. The van der Waals surface area contributed by atoms with Gasteiger partial charge in [-0.05, 0) is 24.3 Å². The summed E-state index contributed by atoms with van der Waals surface area (Å²) in [6.07, 6.45) is 3.25. The fourth-order valence-corrected chi connectivity index (χ4v) is 2.03. The van der Waals surface area contributed by atoms with Crippen molar-refractivity contribution >= 4 is 5.69 Å². The van der Waals surface area contributed by atoms with Gasteiger partial charge in [0, 0.05) is 17.8 Å². The van der Waals surface area contributed by atoms with Crippen LogP contribution in [0.2, 0.25) is 0 Å². The zero-order valence-electron chi connectivity index (χ0n) is 11.1. The molecule has 0 saturated carbocycles. The lowest BCUT2D eigenvalue weighted by Crippen LogP contribution is -2.00. The van der Waals surface area contributed by atoms with E-state index in [9.17, 15) is 10.2 Å². The monoisotopic (exact) mass is 282 g/mol. The highest BCUT2D eigenvalue weighted by molar-refractivity contribution is 5.53. The van der Waals surface area contributed by atoms with Crippen molar-refractivity contribution in [1.82, 2.24) is 14.8 Å². The third-order valence-electron chi connectivity index (χ3n) is 3.14. The van der Waals surface area contributed by atoms with Crippen LogP contribution >= 0.6 is 0 Å². The zero-order valence-corrected chi connectivity index (χ0v) is 11.1. The quantitative estimate of drug-likeness (QED) is 0.639. The van der Waals surface area contributed by atoms with Crippen molar-refractivity contribution in [3.05, 3.63) is 60.7 Å². The van der Waals surface area contributed by atoms with Crippen LogP contribution in [0.4, 0.5) is 5.69 Å². The Morgan fingerprint density at radius 3 is 2.57 bits per heavy atom. The van der Waals surface area contributed by atoms with Crippen molar-refractivity contribution in [3.63, 3.8) is 0 Å². The van der Waals surface area contributed by atoms with Gasteiger partial charge in [-0.3, -0.25) is 4.57 Å². The number of para-hydroxylation sites is 1. The number of aromatic nitrogens is 3. The minimum atomic E-state index is -0.118. The van der Waals surface area contributed by atoms with Gasteiger partial charge in [-0.15, -0.1) is 10.2 Å². The molecule has 3 aromatic rings. The summed E-state index contributed by atoms with van der Waals surface area (Å²) in [5.74, 6) is -0.215. The second-order valence-electron chi connectivity index (χ2n) is 4.56. The summed E-state index contributed by atoms with van der Waals surface area (Å²) in [4.78, 5) is 0. The number of hydrogen-bond acceptors (Lipinski definition) is 5. The molecule has 0 spiro atoms. The highest BCUT2D eigenvalue weighted by Gasteiger charge is 2.05. The van der Waals surface area contributed by atoms with Crippen molar-refractivity contribution in [2.24, 2.45) is 0 Å². The largest absolute Gasteiger partial charge is 0.504 e. The smallest absolute Gasteiger partial charge is 0.162 e. The average molecular weight is 282 g/mol. The van der Waals surface area contributed by atoms with Gasteiger partial charge in [-0.25, -0.2) is 0 Å². The molecule has 0 aliphatic heterocycles. The molecule has 0 aliphatic rings. The summed E-state index contributed by atoms with van der Waals surface area (Å²) in [6.45, 7) is 0.409. The van der Waals surface area contributed by atoms with Crippen molar-refractivity contribution < 1.29 is 10.2 Å². The minimum absolute atomic E-state index is 0.0973. The molecule has 3 N–H and O–H groups in total. The number of aromatic hydroxyl groups is 2. The van der Waals surface area contributed by atoms with E-state index in [2.05, 4.69) is 15.5 Å². The number of phenolic OH excluding ortho intramolecular Hbond substituents is 2. The second-order valence-corrected chi connectivity index (χ2v) is 4.56. The SMILES string of the molecule is Oc1cccc(CNc2cccc(-n3cnnc3)c2)c1O. The summed E-state index contributed by atoms with van der Waals surface area (Å²) in [5, 5.41) is 30.0. The van der Waals surface area contributed by atoms with Crippen LogP contribution in [-0.4, -0.2) is 25.0 Å². The van der Waals surface area contributed by atoms with Crippen molar-refractivity contribution in [3.8, 4) is 17.2 Å². The fourth-order valence-electron chi connectivity index (χ4n) is 2.03. The molecule has 21 heavy (non-hydrogen) atoms. The Morgan fingerprint density at radius 1 is 1.00 bits per heavy atom. The van der Waals surface area contributed by atoms with Crippen molar-refractivity contribution in [2.45, 2.75) is 6.54 Å². The maximum Gasteiger partial charge on any atom is 0.162 e. The molecule has 0 aliphatic carbocycles. The molecule has 6 nitrogen and oxygen atoms in total. The molecule has 106 valence electrons. The Hall–Kier alpha value is -3.02. The van der Waals surface area contributed by atoms with Crippen LogP contribution in [0.3, 0.4) is 0 Å². The summed E-state index contributed by atoms with van der Waals surface area (Å²) in [5.41, 5.74) is 2.46. The van der Waals surface area contributed by atoms with Gasteiger partial charge in [0.05, 0.1) is 5.69 Å². The Morgan fingerprint density at radius 2 is 1.76 bits per heavy atom. The number of hydrogen-bond donors (Lipinski definition) is 3. The molecule has 0 amide bonds. The summed E-state index contributed by atoms with van der Waals surface area (Å²) >= 11 is 0. The van der Waals surface area contributed by atoms with E-state index < -0.39 is 0 Å². The van der Waals surface area contributed by atoms with E-state index in [0.29, 0.717) is 12.1 Å². The van der Waals surface area contributed by atoms with Crippen LogP contribution in [0.1, 0.15) is 5.56 Å². The fraction of sp³-hybridized carbons (Fsp3) is 0.0667. The maximum absolute atomic E-state index is 9.77. The van der Waals surface area contributed by atoms with Crippen molar-refractivity contribution in [2.75, 3.05) is 5.32 Å². The van der Waals surface area contributed by atoms with Crippen LogP contribution in [-0.2, 0) is 6.54 Å². The summed E-state index contributed by atoms with van der Waals surface area (Å²) in [6, 6.07) is 12.6. The van der Waals surface area contributed by atoms with Gasteiger partial charge < -0.3 is 15.5 Å². The van der Waals surface area contributed by atoms with Gasteiger partial charge in [0.2, 0.25) is 0 Å². The number of nitrogens with one attached hydrogen (secondary N) is 1. The number of phenols is 2. The van der Waals surface area contributed by atoms with Crippen LogP contribution in [0.25, 0.3) is 5.69 Å². The molecular formula is C15H14N4O2. The highest BCUT2D eigenvalue weighted by Crippen LogP contribution is 2.28. The molecule has 0 unspecified atom stereocenters. The molecular weight excluding hydrogens is 268 g/mol. The third kappa shape index (κ3) is 2.79. The van der Waals surface area contributed by atoms with Gasteiger partial charge in [-0.2, -0.15) is 0 Å². The molecule has 0 bridgehead atoms. The van der Waals surface area contributed by atoms with Crippen molar-refractivity contribution in [1.29, 1.82) is 0 Å². The zero-order chi connectivity index (χ0) is 14.7. The van der Waals surface area contributed by atoms with Crippen LogP contribution in [0.5, 0.6) is 11.5 Å². The van der Waals surface area contributed by atoms with E-state index in [0.717, 1.165) is 11.4 Å². The topological polar surface area (TPSA) is 83.2 Å². The normalized spacial score (nSPS) is 10.5. The van der Waals surface area contributed by atoms with E-state index in [4.69, 9.17) is 0 Å². The van der Waals surface area contributed by atoms with E-state index in [1.807, 2.05) is 24.3 Å². The van der Waals surface area contributed by atoms with Gasteiger partial charge in [-0.1, -0.05) is 18.2 Å². The number of benzene rings is 2. The van der Waals surface area contributed by atoms with E-state index in [1.165, 1.54) is 6.07 Å². The molecule has 2 aromatic carbocycles. The van der Waals surface area contributed by atoms with Crippen LogP contribution in [0.15, 0.2) is 55.1 Å². The van der Waals surface area contributed by atoms with Gasteiger partial charge in [0.25, 0.3) is 0 Å². The Bertz CT molecular complexity index is 741. The lowest BCUT2D eigenvalue weighted by molar-refractivity contribution is 0.400. The summed E-state index contributed by atoms with van der Waals surface area (Å²) in [7, 11) is 0. The lowest BCUT2D eigenvalue weighted by Gasteiger charge is -2.10. The second kappa shape index (κ2) is 5.54. The Labute approximate surface area is 121 Å². The molecule has 6 heteroatoms. The first-order chi connectivity index (χ1) is 10.2. The first kappa shape index (κ1) is 13.0. The van der Waals surface area contributed by atoms with Gasteiger partial charge >= 0.3 is 0 Å². The molecule has 1 heterocycles. The van der Waals surface area contributed by atoms with Crippen LogP contribution in [0, 0.1) is 0 Å². The van der Waals surface area contributed by atoms with Gasteiger partial charge in [0.15, 0.2) is 11.5 Å². The Balaban J connectivity index is 1.77. The summed E-state index contributed by atoms with van der Waals surface area (Å²) < 4.78 is 1.80. The number of anilines is 1. The molecule has 0 saturated heterocycles. The van der Waals surface area contributed by atoms with E-state index in [1.54, 1.807) is 29.4 Å². The van der Waals surface area contributed by atoms with Crippen LogP contribution < -0.4 is 5.32 Å². The number of rotatable bonds is 4. The maximum atomic E-state index is 9.77.